The Bertz CT molecular complexity index is 2490. The topological polar surface area (TPSA) is 33.6 Å². The molecule has 0 saturated heterocycles. The first kappa shape index (κ1) is 25.9. The summed E-state index contributed by atoms with van der Waals surface area (Å²) >= 11 is 0. The molecule has 44 heavy (non-hydrogen) atoms. The van der Waals surface area contributed by atoms with Crippen LogP contribution in [0.5, 0.6) is 0 Å². The molecule has 0 spiro atoms. The van der Waals surface area contributed by atoms with E-state index in [0.29, 0.717) is 22.5 Å². The first-order valence-corrected chi connectivity index (χ1v) is 14.5. The van der Waals surface area contributed by atoms with Gasteiger partial charge in [-0.1, -0.05) is 66.7 Å². The molecule has 0 atom stereocenters. The highest BCUT2D eigenvalue weighted by Crippen LogP contribution is 2.43. The van der Waals surface area contributed by atoms with Crippen LogP contribution in [0.25, 0.3) is 66.1 Å². The summed E-state index contributed by atoms with van der Waals surface area (Å²) in [5.74, 6) is -1.38. The van der Waals surface area contributed by atoms with Gasteiger partial charge in [0.25, 0.3) is 0 Å². The van der Waals surface area contributed by atoms with Gasteiger partial charge in [-0.2, -0.15) is 5.26 Å². The normalized spacial score (nSPS) is 11.6. The van der Waals surface area contributed by atoms with Crippen LogP contribution in [0.2, 0.25) is 0 Å². The molecule has 0 aliphatic carbocycles. The summed E-state index contributed by atoms with van der Waals surface area (Å²) in [6, 6.07) is 38.5. The van der Waals surface area contributed by atoms with Crippen LogP contribution in [0.3, 0.4) is 0 Å². The van der Waals surface area contributed by atoms with Crippen molar-refractivity contribution in [1.29, 1.82) is 5.26 Å². The van der Waals surface area contributed by atoms with Crippen LogP contribution in [0.15, 0.2) is 115 Å². The zero-order valence-corrected chi connectivity index (χ0v) is 24.1. The van der Waals surface area contributed by atoms with Crippen LogP contribution in [-0.4, -0.2) is 9.13 Å². The van der Waals surface area contributed by atoms with Crippen molar-refractivity contribution in [1.82, 2.24) is 9.13 Å². The van der Waals surface area contributed by atoms with E-state index in [2.05, 4.69) is 53.1 Å². The fraction of sp³-hybridized carbons (Fsp3) is 0.0513. The van der Waals surface area contributed by atoms with Gasteiger partial charge in [-0.15, -0.1) is 0 Å². The Morgan fingerprint density at radius 1 is 0.545 bits per heavy atom. The summed E-state index contributed by atoms with van der Waals surface area (Å²) in [7, 11) is 0. The van der Waals surface area contributed by atoms with E-state index < -0.39 is 11.6 Å². The first-order chi connectivity index (χ1) is 21.5. The maximum atomic E-state index is 15.6. The molecule has 210 valence electrons. The molecule has 0 unspecified atom stereocenters. The van der Waals surface area contributed by atoms with Crippen molar-refractivity contribution in [3.8, 4) is 28.6 Å². The molecule has 0 aliphatic heterocycles. The van der Waals surface area contributed by atoms with E-state index in [1.807, 2.05) is 66.9 Å². The van der Waals surface area contributed by atoms with Gasteiger partial charge in [0.15, 0.2) is 0 Å². The lowest BCUT2D eigenvalue weighted by Crippen LogP contribution is -2.07. The van der Waals surface area contributed by atoms with Gasteiger partial charge < -0.3 is 9.13 Å². The highest BCUT2D eigenvalue weighted by molar-refractivity contribution is 6.11. The number of nitrogens with zero attached hydrogens (tertiary/aromatic N) is 3. The average molecular weight is 574 g/mol. The lowest BCUT2D eigenvalue weighted by molar-refractivity contribution is 0.589. The number of para-hydroxylation sites is 2. The number of benzene rings is 6. The molecule has 6 aromatic carbocycles. The van der Waals surface area contributed by atoms with Crippen LogP contribution in [0.4, 0.5) is 8.78 Å². The summed E-state index contributed by atoms with van der Waals surface area (Å²) < 4.78 is 35.3. The van der Waals surface area contributed by atoms with Crippen molar-refractivity contribution in [3.63, 3.8) is 0 Å². The largest absolute Gasteiger partial charge is 0.308 e. The summed E-state index contributed by atoms with van der Waals surface area (Å²) in [6.07, 6.45) is 0. The fourth-order valence-corrected chi connectivity index (χ4v) is 6.73. The standard InChI is InChI=1S/C39H25F2N3/c1-23-14-16-27-25-8-3-5-12-33(25)43(36(27)20-23)35-19-18-29(38-31(40)10-7-11-32(38)41)39(30(35)22-42)44-34-13-6-4-9-26(34)28-17-15-24(2)21-37(28)44/h3-21H,1-2H3. The molecule has 0 amide bonds. The molecule has 2 aromatic heterocycles. The SMILES string of the molecule is Cc1ccc2c3ccccc3n(-c3ccc(-c4c(F)cccc4F)c(-n4c5ccccc5c5ccc(C)cc54)c3C#N)c2c1. The third-order valence-corrected chi connectivity index (χ3v) is 8.62. The molecule has 0 bridgehead atoms. The summed E-state index contributed by atoms with van der Waals surface area (Å²) in [4.78, 5) is 0. The van der Waals surface area contributed by atoms with E-state index in [9.17, 15) is 5.26 Å². The number of aryl methyl sites for hydroxylation is 2. The maximum Gasteiger partial charge on any atom is 0.134 e. The zero-order chi connectivity index (χ0) is 30.1. The number of aromatic nitrogens is 2. The molecular formula is C39H25F2N3. The number of halogens is 2. The minimum absolute atomic E-state index is 0.165. The van der Waals surface area contributed by atoms with Gasteiger partial charge >= 0.3 is 0 Å². The monoisotopic (exact) mass is 573 g/mol. The quantitative estimate of drug-likeness (QED) is 0.207. The third kappa shape index (κ3) is 3.64. The fourth-order valence-electron chi connectivity index (χ4n) is 6.73. The summed E-state index contributed by atoms with van der Waals surface area (Å²) in [5, 5.41) is 15.1. The molecule has 0 aliphatic rings. The summed E-state index contributed by atoms with van der Waals surface area (Å²) in [6.45, 7) is 4.06. The van der Waals surface area contributed by atoms with Crippen molar-refractivity contribution >= 4 is 43.6 Å². The number of fused-ring (bicyclic) bond motifs is 6. The van der Waals surface area contributed by atoms with Crippen molar-refractivity contribution in [2.45, 2.75) is 13.8 Å². The molecule has 0 radical (unpaired) electrons. The van der Waals surface area contributed by atoms with Gasteiger partial charge in [-0.25, -0.2) is 8.78 Å². The van der Waals surface area contributed by atoms with Crippen molar-refractivity contribution < 1.29 is 8.78 Å². The highest BCUT2D eigenvalue weighted by Gasteiger charge is 2.26. The molecular weight excluding hydrogens is 548 g/mol. The molecule has 0 N–H and O–H groups in total. The predicted octanol–water partition coefficient (Wildman–Crippen LogP) is 10.3. The Morgan fingerprint density at radius 2 is 1.07 bits per heavy atom. The lowest BCUT2D eigenvalue weighted by Gasteiger charge is -2.20. The number of hydrogen-bond acceptors (Lipinski definition) is 1. The molecule has 3 nitrogen and oxygen atoms in total. The molecule has 8 aromatic rings. The maximum absolute atomic E-state index is 15.6. The van der Waals surface area contributed by atoms with Gasteiger partial charge in [0.1, 0.15) is 23.3 Å². The van der Waals surface area contributed by atoms with Gasteiger partial charge in [0.2, 0.25) is 0 Å². The van der Waals surface area contributed by atoms with E-state index in [-0.39, 0.29) is 5.56 Å². The second kappa shape index (κ2) is 9.65. The molecule has 5 heteroatoms. The van der Waals surface area contributed by atoms with E-state index in [1.54, 1.807) is 6.07 Å². The Morgan fingerprint density at radius 3 is 1.66 bits per heavy atom. The van der Waals surface area contributed by atoms with E-state index in [1.165, 1.54) is 18.2 Å². The Balaban J connectivity index is 1.61. The lowest BCUT2D eigenvalue weighted by atomic mass is 9.97. The van der Waals surface area contributed by atoms with E-state index in [0.717, 1.165) is 54.7 Å². The van der Waals surface area contributed by atoms with Crippen molar-refractivity contribution in [2.24, 2.45) is 0 Å². The van der Waals surface area contributed by atoms with Crippen LogP contribution >= 0.6 is 0 Å². The molecule has 2 heterocycles. The molecule has 0 saturated carbocycles. The molecule has 8 rings (SSSR count). The van der Waals surface area contributed by atoms with Crippen LogP contribution in [0.1, 0.15) is 16.7 Å². The predicted molar refractivity (Wildman–Crippen MR) is 175 cm³/mol. The van der Waals surface area contributed by atoms with Crippen molar-refractivity contribution in [3.05, 3.63) is 144 Å². The first-order valence-electron chi connectivity index (χ1n) is 14.5. The van der Waals surface area contributed by atoms with Crippen LogP contribution in [0, 0.1) is 36.8 Å². The smallest absolute Gasteiger partial charge is 0.134 e. The van der Waals surface area contributed by atoms with Crippen molar-refractivity contribution in [2.75, 3.05) is 0 Å². The Kier molecular flexibility index (Phi) is 5.69. The minimum Gasteiger partial charge on any atom is -0.308 e. The highest BCUT2D eigenvalue weighted by atomic mass is 19.1. The second-order valence-corrected chi connectivity index (χ2v) is 11.3. The van der Waals surface area contributed by atoms with E-state index in [4.69, 9.17) is 0 Å². The van der Waals surface area contributed by atoms with Gasteiger partial charge in [0, 0.05) is 27.1 Å². The Hall–Kier alpha value is -5.73. The Labute approximate surface area is 252 Å². The van der Waals surface area contributed by atoms with Crippen LogP contribution < -0.4 is 0 Å². The second-order valence-electron chi connectivity index (χ2n) is 11.3. The minimum atomic E-state index is -0.688. The van der Waals surface area contributed by atoms with Gasteiger partial charge in [-0.05, 0) is 73.5 Å². The number of nitriles is 1. The number of rotatable bonds is 3. The van der Waals surface area contributed by atoms with E-state index >= 15 is 8.78 Å². The van der Waals surface area contributed by atoms with Gasteiger partial charge in [-0.3, -0.25) is 0 Å². The molecule has 0 fully saturated rings. The third-order valence-electron chi connectivity index (χ3n) is 8.62. The van der Waals surface area contributed by atoms with Gasteiger partial charge in [0.05, 0.1) is 39.0 Å². The zero-order valence-electron chi connectivity index (χ0n) is 24.1. The summed E-state index contributed by atoms with van der Waals surface area (Å²) in [5.41, 5.74) is 7.25. The van der Waals surface area contributed by atoms with Crippen LogP contribution in [-0.2, 0) is 0 Å². The number of hydrogen-bond donors (Lipinski definition) is 0. The average Bonchev–Trinajstić information content (AvgIpc) is 3.52.